The predicted molar refractivity (Wildman–Crippen MR) is 108 cm³/mol. The van der Waals surface area contributed by atoms with Gasteiger partial charge >= 0.3 is 0 Å². The molecule has 7 atom stereocenters. The summed E-state index contributed by atoms with van der Waals surface area (Å²) in [5, 5.41) is 10.2. The molecule has 0 spiro atoms. The molecule has 4 aliphatic carbocycles. The van der Waals surface area contributed by atoms with Crippen molar-refractivity contribution in [1.29, 1.82) is 0 Å². The van der Waals surface area contributed by atoms with Crippen molar-refractivity contribution in [2.24, 2.45) is 34.5 Å². The van der Waals surface area contributed by atoms with Gasteiger partial charge in [0.25, 0.3) is 0 Å². The quantitative estimate of drug-likeness (QED) is 0.710. The molecular formula is C24H32N2O. The van der Waals surface area contributed by atoms with Crippen LogP contribution in [0.3, 0.4) is 0 Å². The Kier molecular flexibility index (Phi) is 3.92. The van der Waals surface area contributed by atoms with E-state index in [4.69, 9.17) is 0 Å². The van der Waals surface area contributed by atoms with Crippen LogP contribution in [0.4, 0.5) is 0 Å². The van der Waals surface area contributed by atoms with E-state index < -0.39 is 0 Å². The van der Waals surface area contributed by atoms with Crippen LogP contribution in [0.5, 0.6) is 0 Å². The average molecular weight is 365 g/mol. The fraction of sp³-hybridized carbons (Fsp3) is 0.667. The van der Waals surface area contributed by atoms with Crippen LogP contribution in [0, 0.1) is 34.5 Å². The van der Waals surface area contributed by atoms with Crippen LogP contribution >= 0.6 is 0 Å². The van der Waals surface area contributed by atoms with E-state index in [0.717, 1.165) is 31.1 Å². The third kappa shape index (κ3) is 2.43. The van der Waals surface area contributed by atoms with Gasteiger partial charge in [-0.2, -0.15) is 0 Å². The zero-order chi connectivity index (χ0) is 18.8. The third-order valence-electron chi connectivity index (χ3n) is 8.86. The number of aromatic nitrogens is 2. The molecule has 1 aromatic rings. The highest BCUT2D eigenvalue weighted by Gasteiger charge is 2.58. The standard InChI is InChI=1S/C24H32N2O/c1-15-10-17-11-18(27)6-8-23(17,2)21-7-9-24(3)19(4-5-20(24)22(15)21)16-12-25-14-26-13-16/h4,10,12-15,18,20-22,27H,5-9,11H2,1-3H3/t15?,18-,20-,21-,22-,23-,24+/m0/s1. The average Bonchev–Trinajstić information content (AvgIpc) is 3.01. The van der Waals surface area contributed by atoms with Crippen molar-refractivity contribution >= 4 is 5.57 Å². The van der Waals surface area contributed by atoms with E-state index >= 15 is 0 Å². The molecule has 0 bridgehead atoms. The zero-order valence-corrected chi connectivity index (χ0v) is 16.9. The minimum absolute atomic E-state index is 0.125. The highest BCUT2D eigenvalue weighted by molar-refractivity contribution is 5.72. The molecule has 1 N–H and O–H groups in total. The van der Waals surface area contributed by atoms with Crippen molar-refractivity contribution in [3.05, 3.63) is 42.0 Å². The van der Waals surface area contributed by atoms with E-state index in [-0.39, 0.29) is 11.5 Å². The van der Waals surface area contributed by atoms with Crippen LogP contribution in [0.15, 0.2) is 36.4 Å². The zero-order valence-electron chi connectivity index (χ0n) is 16.9. The minimum atomic E-state index is -0.125. The van der Waals surface area contributed by atoms with Gasteiger partial charge in [-0.25, -0.2) is 9.97 Å². The van der Waals surface area contributed by atoms with E-state index in [2.05, 4.69) is 42.9 Å². The molecule has 0 amide bonds. The topological polar surface area (TPSA) is 46.0 Å². The summed E-state index contributed by atoms with van der Waals surface area (Å²) in [5.41, 5.74) is 4.80. The Morgan fingerprint density at radius 2 is 1.78 bits per heavy atom. The van der Waals surface area contributed by atoms with Crippen molar-refractivity contribution in [3.63, 3.8) is 0 Å². The van der Waals surface area contributed by atoms with E-state index in [0.29, 0.717) is 17.3 Å². The summed E-state index contributed by atoms with van der Waals surface area (Å²) < 4.78 is 0. The summed E-state index contributed by atoms with van der Waals surface area (Å²) in [6.07, 6.45) is 17.3. The second kappa shape index (κ2) is 6.01. The largest absolute Gasteiger partial charge is 0.393 e. The Morgan fingerprint density at radius 3 is 2.56 bits per heavy atom. The van der Waals surface area contributed by atoms with Crippen LogP contribution in [-0.2, 0) is 0 Å². The fourth-order valence-electron chi connectivity index (χ4n) is 7.46. The Morgan fingerprint density at radius 1 is 1.04 bits per heavy atom. The number of aliphatic hydroxyl groups is 1. The minimum Gasteiger partial charge on any atom is -0.393 e. The fourth-order valence-corrected chi connectivity index (χ4v) is 7.46. The van der Waals surface area contributed by atoms with Gasteiger partial charge in [-0.1, -0.05) is 38.5 Å². The van der Waals surface area contributed by atoms with Gasteiger partial charge in [0, 0.05) is 18.0 Å². The molecule has 0 aliphatic heterocycles. The molecule has 27 heavy (non-hydrogen) atoms. The Bertz CT molecular complexity index is 800. The van der Waals surface area contributed by atoms with Gasteiger partial charge in [0.2, 0.25) is 0 Å². The molecule has 144 valence electrons. The number of fused-ring (bicyclic) bond motifs is 5. The molecule has 0 saturated heterocycles. The predicted octanol–water partition coefficient (Wildman–Crippen LogP) is 5.04. The van der Waals surface area contributed by atoms with Crippen LogP contribution in [-0.4, -0.2) is 21.2 Å². The number of rotatable bonds is 1. The maximum atomic E-state index is 10.2. The monoisotopic (exact) mass is 364 g/mol. The Hall–Kier alpha value is -1.48. The van der Waals surface area contributed by atoms with Crippen LogP contribution in [0.1, 0.15) is 64.9 Å². The summed E-state index contributed by atoms with van der Waals surface area (Å²) in [5.74, 6) is 2.82. The number of aliphatic hydroxyl groups excluding tert-OH is 1. The number of hydrogen-bond donors (Lipinski definition) is 1. The van der Waals surface area contributed by atoms with Crippen molar-refractivity contribution < 1.29 is 5.11 Å². The number of nitrogens with zero attached hydrogens (tertiary/aromatic N) is 2. The molecule has 3 heteroatoms. The first kappa shape index (κ1) is 17.6. The van der Waals surface area contributed by atoms with E-state index in [1.165, 1.54) is 30.4 Å². The summed E-state index contributed by atoms with van der Waals surface area (Å²) >= 11 is 0. The van der Waals surface area contributed by atoms with Gasteiger partial charge in [-0.05, 0) is 78.6 Å². The van der Waals surface area contributed by atoms with Gasteiger partial charge in [0.1, 0.15) is 6.33 Å². The normalized spacial score (nSPS) is 46.0. The first-order valence-corrected chi connectivity index (χ1v) is 10.8. The van der Waals surface area contributed by atoms with Crippen LogP contribution in [0.2, 0.25) is 0 Å². The lowest BCUT2D eigenvalue weighted by Crippen LogP contribution is -2.52. The molecular weight excluding hydrogens is 332 g/mol. The summed E-state index contributed by atoms with van der Waals surface area (Å²) in [7, 11) is 0. The number of allylic oxidation sites excluding steroid dienone is 3. The van der Waals surface area contributed by atoms with Crippen LogP contribution < -0.4 is 0 Å². The third-order valence-corrected chi connectivity index (χ3v) is 8.86. The molecule has 1 aromatic heterocycles. The molecule has 3 nitrogen and oxygen atoms in total. The van der Waals surface area contributed by atoms with E-state index in [1.807, 2.05) is 12.4 Å². The van der Waals surface area contributed by atoms with Gasteiger partial charge < -0.3 is 5.11 Å². The molecule has 2 fully saturated rings. The van der Waals surface area contributed by atoms with Crippen molar-refractivity contribution in [1.82, 2.24) is 9.97 Å². The number of hydrogen-bond acceptors (Lipinski definition) is 3. The lowest BCUT2D eigenvalue weighted by molar-refractivity contribution is -0.0425. The Balaban J connectivity index is 1.52. The molecule has 0 radical (unpaired) electrons. The highest BCUT2D eigenvalue weighted by Crippen LogP contribution is 2.67. The van der Waals surface area contributed by atoms with Gasteiger partial charge in [-0.15, -0.1) is 0 Å². The first-order valence-electron chi connectivity index (χ1n) is 10.8. The lowest BCUT2D eigenvalue weighted by atomic mass is 9.45. The summed E-state index contributed by atoms with van der Waals surface area (Å²) in [6, 6.07) is 0. The second-order valence-electron chi connectivity index (χ2n) is 10.1. The molecule has 0 aromatic carbocycles. The molecule has 2 saturated carbocycles. The lowest BCUT2D eigenvalue weighted by Gasteiger charge is -2.59. The highest BCUT2D eigenvalue weighted by atomic mass is 16.3. The van der Waals surface area contributed by atoms with Crippen molar-refractivity contribution in [2.75, 3.05) is 0 Å². The van der Waals surface area contributed by atoms with Gasteiger partial charge in [0.15, 0.2) is 0 Å². The smallest absolute Gasteiger partial charge is 0.115 e. The molecule has 1 unspecified atom stereocenters. The SMILES string of the molecule is CC1C=C2C[C@@H](O)CC[C@]2(C)[C@H]2CC[C@]3(C)C(c4cncnc4)=CC[C@H]3[C@H]12. The van der Waals surface area contributed by atoms with Crippen LogP contribution in [0.25, 0.3) is 5.57 Å². The second-order valence-corrected chi connectivity index (χ2v) is 10.1. The Labute approximate surface area is 163 Å². The van der Waals surface area contributed by atoms with Crippen molar-refractivity contribution in [3.8, 4) is 0 Å². The van der Waals surface area contributed by atoms with Gasteiger partial charge in [0.05, 0.1) is 6.10 Å². The van der Waals surface area contributed by atoms with E-state index in [9.17, 15) is 5.11 Å². The molecule has 1 heterocycles. The van der Waals surface area contributed by atoms with Crippen molar-refractivity contribution in [2.45, 2.75) is 65.4 Å². The first-order chi connectivity index (χ1) is 12.9. The molecule has 5 rings (SSSR count). The van der Waals surface area contributed by atoms with Gasteiger partial charge in [-0.3, -0.25) is 0 Å². The maximum absolute atomic E-state index is 10.2. The summed E-state index contributed by atoms with van der Waals surface area (Å²) in [4.78, 5) is 8.56. The summed E-state index contributed by atoms with van der Waals surface area (Å²) in [6.45, 7) is 7.43. The molecule has 4 aliphatic rings. The maximum Gasteiger partial charge on any atom is 0.115 e. The van der Waals surface area contributed by atoms with E-state index in [1.54, 1.807) is 11.9 Å².